The van der Waals surface area contributed by atoms with Crippen molar-refractivity contribution in [3.63, 3.8) is 0 Å². The van der Waals surface area contributed by atoms with E-state index in [4.69, 9.17) is 32.7 Å². The van der Waals surface area contributed by atoms with Gasteiger partial charge in [-0.05, 0) is 12.1 Å². The Labute approximate surface area is 122 Å². The summed E-state index contributed by atoms with van der Waals surface area (Å²) < 4.78 is 36.3. The van der Waals surface area contributed by atoms with Crippen LogP contribution >= 0.6 is 23.2 Å². The van der Waals surface area contributed by atoms with E-state index >= 15 is 0 Å². The molecule has 0 aliphatic carbocycles. The Kier molecular flexibility index (Phi) is 7.06. The fourth-order valence-electron chi connectivity index (χ4n) is 1.30. The number of halogens is 2. The number of methoxy groups -OCH3 is 1. The average molecular weight is 328 g/mol. The predicted molar refractivity (Wildman–Crippen MR) is 74.3 cm³/mol. The summed E-state index contributed by atoms with van der Waals surface area (Å²) >= 11 is 11.7. The molecule has 1 N–H and O–H groups in total. The third kappa shape index (κ3) is 5.25. The van der Waals surface area contributed by atoms with Crippen LogP contribution in [0.3, 0.4) is 0 Å². The zero-order valence-corrected chi connectivity index (χ0v) is 12.7. The number of hydrogen-bond acceptors (Lipinski definition) is 4. The van der Waals surface area contributed by atoms with E-state index in [1.807, 2.05) is 0 Å². The van der Waals surface area contributed by atoms with Crippen LogP contribution in [0.4, 0.5) is 0 Å². The van der Waals surface area contributed by atoms with E-state index in [0.29, 0.717) is 13.2 Å². The Morgan fingerprint density at radius 3 is 2.37 bits per heavy atom. The number of ether oxygens (including phenoxy) is 2. The van der Waals surface area contributed by atoms with Crippen LogP contribution in [-0.2, 0) is 19.5 Å². The molecule has 0 aromatic heterocycles. The fraction of sp³-hybridized carbons (Fsp3) is 0.455. The van der Waals surface area contributed by atoms with Crippen LogP contribution in [0.15, 0.2) is 23.1 Å². The van der Waals surface area contributed by atoms with Crippen molar-refractivity contribution in [3.8, 4) is 0 Å². The highest BCUT2D eigenvalue weighted by molar-refractivity contribution is 7.89. The smallest absolute Gasteiger partial charge is 0.243 e. The summed E-state index contributed by atoms with van der Waals surface area (Å²) in [6.07, 6.45) is 0. The summed E-state index contributed by atoms with van der Waals surface area (Å²) in [4.78, 5) is -0.116. The maximum Gasteiger partial charge on any atom is 0.243 e. The molecule has 1 rings (SSSR count). The first-order chi connectivity index (χ1) is 8.99. The second-order valence-corrected chi connectivity index (χ2v) is 6.07. The van der Waals surface area contributed by atoms with Crippen molar-refractivity contribution in [3.05, 3.63) is 28.2 Å². The number of rotatable bonds is 8. The molecule has 1 aromatic rings. The lowest BCUT2D eigenvalue weighted by molar-refractivity contribution is 0.0736. The van der Waals surface area contributed by atoms with Gasteiger partial charge in [0.15, 0.2) is 0 Å². The van der Waals surface area contributed by atoms with Gasteiger partial charge < -0.3 is 9.47 Å². The summed E-state index contributed by atoms with van der Waals surface area (Å²) in [6, 6.07) is 4.52. The van der Waals surface area contributed by atoms with Gasteiger partial charge in [-0.2, -0.15) is 0 Å². The molecule has 0 unspecified atom stereocenters. The molecule has 0 heterocycles. The maximum atomic E-state index is 12.0. The third-order valence-electron chi connectivity index (χ3n) is 2.16. The van der Waals surface area contributed by atoms with E-state index in [-0.39, 0.29) is 28.1 Å². The zero-order chi connectivity index (χ0) is 14.3. The molecule has 0 fully saturated rings. The molecule has 0 amide bonds. The van der Waals surface area contributed by atoms with Gasteiger partial charge in [-0.1, -0.05) is 29.3 Å². The van der Waals surface area contributed by atoms with E-state index < -0.39 is 10.0 Å². The molecule has 0 aliphatic rings. The van der Waals surface area contributed by atoms with Gasteiger partial charge in [-0.15, -0.1) is 0 Å². The molecule has 0 atom stereocenters. The number of nitrogens with one attached hydrogen (secondary N) is 1. The lowest BCUT2D eigenvalue weighted by Gasteiger charge is -2.10. The zero-order valence-electron chi connectivity index (χ0n) is 10.4. The Morgan fingerprint density at radius 2 is 1.79 bits per heavy atom. The van der Waals surface area contributed by atoms with Crippen molar-refractivity contribution < 1.29 is 17.9 Å². The molecule has 19 heavy (non-hydrogen) atoms. The highest BCUT2D eigenvalue weighted by atomic mass is 35.5. The van der Waals surface area contributed by atoms with Crippen LogP contribution in [0.25, 0.3) is 0 Å². The molecule has 108 valence electrons. The summed E-state index contributed by atoms with van der Waals surface area (Å²) in [6.45, 7) is 1.24. The Hall–Kier alpha value is -0.370. The molecule has 0 saturated carbocycles. The molecule has 0 saturated heterocycles. The second-order valence-electron chi connectivity index (χ2n) is 3.55. The van der Waals surface area contributed by atoms with Crippen LogP contribution in [0.1, 0.15) is 0 Å². The predicted octanol–water partition coefficient (Wildman–Crippen LogP) is 1.93. The molecule has 0 aliphatic heterocycles. The van der Waals surface area contributed by atoms with Crippen LogP contribution in [0.5, 0.6) is 0 Å². The van der Waals surface area contributed by atoms with Gasteiger partial charge in [-0.25, -0.2) is 13.1 Å². The standard InChI is InChI=1S/C11H15Cl2NO4S/c1-17-7-8-18-6-5-14-19(15,16)11-9(12)3-2-4-10(11)13/h2-4,14H,5-8H2,1H3. The molecule has 1 aromatic carbocycles. The lowest BCUT2D eigenvalue weighted by Crippen LogP contribution is -2.28. The van der Waals surface area contributed by atoms with Crippen molar-refractivity contribution in [1.29, 1.82) is 0 Å². The minimum Gasteiger partial charge on any atom is -0.382 e. The van der Waals surface area contributed by atoms with Crippen molar-refractivity contribution >= 4 is 33.2 Å². The summed E-state index contributed by atoms with van der Waals surface area (Å²) in [7, 11) is -2.18. The van der Waals surface area contributed by atoms with Crippen molar-refractivity contribution in [2.75, 3.05) is 33.5 Å². The van der Waals surface area contributed by atoms with E-state index in [2.05, 4.69) is 4.72 Å². The highest BCUT2D eigenvalue weighted by Crippen LogP contribution is 2.28. The summed E-state index contributed by atoms with van der Waals surface area (Å²) in [5.41, 5.74) is 0. The minimum absolute atomic E-state index is 0.0836. The van der Waals surface area contributed by atoms with Gasteiger partial charge in [-0.3, -0.25) is 0 Å². The van der Waals surface area contributed by atoms with Gasteiger partial charge in [0.25, 0.3) is 0 Å². The Bertz CT molecular complexity index is 487. The maximum absolute atomic E-state index is 12.0. The van der Waals surface area contributed by atoms with Crippen LogP contribution in [0.2, 0.25) is 10.0 Å². The van der Waals surface area contributed by atoms with E-state index in [0.717, 1.165) is 0 Å². The molecular formula is C11H15Cl2NO4S. The highest BCUT2D eigenvalue weighted by Gasteiger charge is 2.20. The topological polar surface area (TPSA) is 64.6 Å². The van der Waals surface area contributed by atoms with Crippen LogP contribution < -0.4 is 4.72 Å². The molecule has 0 bridgehead atoms. The van der Waals surface area contributed by atoms with Gasteiger partial charge >= 0.3 is 0 Å². The van der Waals surface area contributed by atoms with Crippen molar-refractivity contribution in [1.82, 2.24) is 4.72 Å². The SMILES string of the molecule is COCCOCCNS(=O)(=O)c1c(Cl)cccc1Cl. The van der Waals surface area contributed by atoms with Crippen molar-refractivity contribution in [2.24, 2.45) is 0 Å². The average Bonchev–Trinajstić information content (AvgIpc) is 2.33. The van der Waals surface area contributed by atoms with Crippen LogP contribution in [0, 0.1) is 0 Å². The number of hydrogen-bond donors (Lipinski definition) is 1. The fourth-order valence-corrected chi connectivity index (χ4v) is 3.46. The number of sulfonamides is 1. The normalized spacial score (nSPS) is 11.7. The van der Waals surface area contributed by atoms with E-state index in [1.54, 1.807) is 13.2 Å². The minimum atomic E-state index is -3.74. The largest absolute Gasteiger partial charge is 0.382 e. The lowest BCUT2D eigenvalue weighted by atomic mass is 10.4. The molecule has 0 spiro atoms. The van der Waals surface area contributed by atoms with E-state index in [9.17, 15) is 8.42 Å². The first-order valence-electron chi connectivity index (χ1n) is 5.49. The van der Waals surface area contributed by atoms with Gasteiger partial charge in [0.2, 0.25) is 10.0 Å². The third-order valence-corrected chi connectivity index (χ3v) is 4.57. The second kappa shape index (κ2) is 8.04. The van der Waals surface area contributed by atoms with Gasteiger partial charge in [0.1, 0.15) is 4.90 Å². The van der Waals surface area contributed by atoms with Crippen molar-refractivity contribution in [2.45, 2.75) is 4.90 Å². The molecule has 8 heteroatoms. The summed E-state index contributed by atoms with van der Waals surface area (Å²) in [5, 5.41) is 0.167. The van der Waals surface area contributed by atoms with Crippen LogP contribution in [-0.4, -0.2) is 41.9 Å². The molecule has 5 nitrogen and oxygen atoms in total. The monoisotopic (exact) mass is 327 g/mol. The summed E-state index contributed by atoms with van der Waals surface area (Å²) in [5.74, 6) is 0. The number of benzene rings is 1. The van der Waals surface area contributed by atoms with Gasteiger partial charge in [0.05, 0.1) is 29.9 Å². The first kappa shape index (κ1) is 16.7. The Morgan fingerprint density at radius 1 is 1.16 bits per heavy atom. The first-order valence-corrected chi connectivity index (χ1v) is 7.73. The molecular weight excluding hydrogens is 313 g/mol. The quantitative estimate of drug-likeness (QED) is 0.741. The molecule has 0 radical (unpaired) electrons. The van der Waals surface area contributed by atoms with E-state index in [1.165, 1.54) is 12.1 Å². The Balaban J connectivity index is 2.57. The van der Waals surface area contributed by atoms with Gasteiger partial charge in [0, 0.05) is 13.7 Å².